The molecule has 0 spiro atoms. The van der Waals surface area contributed by atoms with Gasteiger partial charge in [0.05, 0.1) is 5.56 Å². The third-order valence-corrected chi connectivity index (χ3v) is 4.85. The molecular weight excluding hydrogens is 372 g/mol. The lowest BCUT2D eigenvalue weighted by Gasteiger charge is -2.18. The number of hydrogen-bond donors (Lipinski definition) is 0. The summed E-state index contributed by atoms with van der Waals surface area (Å²) in [5, 5.41) is 2.70. The summed E-state index contributed by atoms with van der Waals surface area (Å²) >= 11 is 0. The van der Waals surface area contributed by atoms with Crippen molar-refractivity contribution < 1.29 is 23.4 Å². The molecule has 0 amide bonds. The van der Waals surface area contributed by atoms with Crippen molar-refractivity contribution in [2.45, 2.75) is 6.61 Å². The normalized spacial score (nSPS) is 12.8. The van der Waals surface area contributed by atoms with Crippen molar-refractivity contribution in [1.29, 1.82) is 0 Å². The molecule has 2 heterocycles. The van der Waals surface area contributed by atoms with Crippen molar-refractivity contribution in [3.8, 4) is 11.5 Å². The van der Waals surface area contributed by atoms with Crippen LogP contribution in [0.25, 0.3) is 21.7 Å². The summed E-state index contributed by atoms with van der Waals surface area (Å²) in [5.74, 6) is 0.608. The smallest absolute Gasteiger partial charge is 0.338 e. The molecule has 1 aromatic heterocycles. The maximum absolute atomic E-state index is 12.6. The van der Waals surface area contributed by atoms with Crippen molar-refractivity contribution >= 4 is 27.7 Å². The summed E-state index contributed by atoms with van der Waals surface area (Å²) in [7, 11) is 0. The highest BCUT2D eigenvalue weighted by molar-refractivity contribution is 6.07. The molecule has 5 rings (SSSR count). The first-order valence-corrected chi connectivity index (χ1v) is 9.20. The van der Waals surface area contributed by atoms with Gasteiger partial charge in [-0.2, -0.15) is 0 Å². The average molecular weight is 388 g/mol. The van der Waals surface area contributed by atoms with E-state index < -0.39 is 11.6 Å². The molecule has 1 aliphatic rings. The molecule has 0 atom stereocenters. The van der Waals surface area contributed by atoms with Crippen molar-refractivity contribution in [3.05, 3.63) is 82.2 Å². The molecule has 0 saturated carbocycles. The average Bonchev–Trinajstić information content (AvgIpc) is 2.76. The van der Waals surface area contributed by atoms with E-state index >= 15 is 0 Å². The van der Waals surface area contributed by atoms with Crippen LogP contribution in [0.15, 0.2) is 69.9 Å². The summed E-state index contributed by atoms with van der Waals surface area (Å²) in [6.07, 6.45) is 0. The minimum Gasteiger partial charge on any atom is -0.486 e. The molecule has 0 saturated heterocycles. The van der Waals surface area contributed by atoms with Gasteiger partial charge in [0.1, 0.15) is 25.4 Å². The number of carbonyl (C=O) groups excluding carboxylic acids is 1. The van der Waals surface area contributed by atoms with Gasteiger partial charge in [0.25, 0.3) is 0 Å². The van der Waals surface area contributed by atoms with E-state index in [2.05, 4.69) is 0 Å². The van der Waals surface area contributed by atoms with E-state index in [-0.39, 0.29) is 6.61 Å². The van der Waals surface area contributed by atoms with E-state index in [1.54, 1.807) is 24.3 Å². The fourth-order valence-electron chi connectivity index (χ4n) is 3.53. The zero-order valence-electron chi connectivity index (χ0n) is 15.3. The molecule has 0 N–H and O–H groups in total. The molecule has 0 aliphatic carbocycles. The topological polar surface area (TPSA) is 75.0 Å². The Morgan fingerprint density at radius 2 is 1.76 bits per heavy atom. The van der Waals surface area contributed by atoms with Crippen LogP contribution in [-0.4, -0.2) is 19.2 Å². The molecule has 6 nitrogen and oxygen atoms in total. The molecule has 0 radical (unpaired) electrons. The maximum atomic E-state index is 12.6. The third kappa shape index (κ3) is 3.18. The highest BCUT2D eigenvalue weighted by Crippen LogP contribution is 2.31. The first-order chi connectivity index (χ1) is 14.2. The van der Waals surface area contributed by atoms with Crippen LogP contribution in [-0.2, 0) is 11.3 Å². The summed E-state index contributed by atoms with van der Waals surface area (Å²) in [6, 6.07) is 17.7. The van der Waals surface area contributed by atoms with Crippen molar-refractivity contribution in [2.75, 3.05) is 13.2 Å². The molecule has 3 aromatic carbocycles. The van der Waals surface area contributed by atoms with Crippen LogP contribution >= 0.6 is 0 Å². The van der Waals surface area contributed by atoms with Crippen LogP contribution in [0.2, 0.25) is 0 Å². The standard InChI is InChI=1S/C23H16O6/c24-21-12-16(22-17-4-2-1-3-14(17)5-8-19(22)29-21)13-28-23(25)15-6-7-18-20(11-15)27-10-9-26-18/h1-8,11-12H,9-10,13H2. The van der Waals surface area contributed by atoms with Gasteiger partial charge < -0.3 is 18.6 Å². The van der Waals surface area contributed by atoms with Crippen molar-refractivity contribution in [1.82, 2.24) is 0 Å². The quantitative estimate of drug-likeness (QED) is 0.299. The summed E-state index contributed by atoms with van der Waals surface area (Å²) in [5.41, 5.74) is 0.921. The first kappa shape index (κ1) is 17.3. The largest absolute Gasteiger partial charge is 0.486 e. The van der Waals surface area contributed by atoms with E-state index in [1.165, 1.54) is 6.07 Å². The Morgan fingerprint density at radius 1 is 0.931 bits per heavy atom. The van der Waals surface area contributed by atoms with Gasteiger partial charge in [0.15, 0.2) is 11.5 Å². The minimum atomic E-state index is -0.511. The second kappa shape index (κ2) is 6.98. The first-order valence-electron chi connectivity index (χ1n) is 9.20. The van der Waals surface area contributed by atoms with E-state index in [0.717, 1.165) is 16.2 Å². The van der Waals surface area contributed by atoms with Gasteiger partial charge in [-0.3, -0.25) is 0 Å². The van der Waals surface area contributed by atoms with Crippen LogP contribution in [0.1, 0.15) is 15.9 Å². The van der Waals surface area contributed by atoms with Crippen LogP contribution in [0.5, 0.6) is 11.5 Å². The SMILES string of the molecule is O=C(OCc1cc(=O)oc2ccc3ccccc3c12)c1ccc2c(c1)OCCO2. The fourth-order valence-corrected chi connectivity index (χ4v) is 3.53. The summed E-state index contributed by atoms with van der Waals surface area (Å²) in [4.78, 5) is 24.5. The van der Waals surface area contributed by atoms with Gasteiger partial charge in [-0.05, 0) is 35.0 Å². The van der Waals surface area contributed by atoms with Crippen molar-refractivity contribution in [2.24, 2.45) is 0 Å². The highest BCUT2D eigenvalue weighted by Gasteiger charge is 2.17. The van der Waals surface area contributed by atoms with Crippen LogP contribution < -0.4 is 15.1 Å². The molecule has 144 valence electrons. The Labute approximate surface area is 165 Å². The predicted molar refractivity (Wildman–Crippen MR) is 107 cm³/mol. The third-order valence-electron chi connectivity index (χ3n) is 4.85. The van der Waals surface area contributed by atoms with E-state index in [9.17, 15) is 9.59 Å². The second-order valence-electron chi connectivity index (χ2n) is 6.69. The van der Waals surface area contributed by atoms with Gasteiger partial charge in [0.2, 0.25) is 0 Å². The molecular formula is C23H16O6. The number of esters is 1. The van der Waals surface area contributed by atoms with Crippen LogP contribution in [0.3, 0.4) is 0 Å². The Morgan fingerprint density at radius 3 is 2.66 bits per heavy atom. The molecule has 0 unspecified atom stereocenters. The number of carbonyl (C=O) groups is 1. The molecule has 0 bridgehead atoms. The lowest BCUT2D eigenvalue weighted by atomic mass is 10.0. The Bertz CT molecular complexity index is 1300. The number of fused-ring (bicyclic) bond motifs is 4. The second-order valence-corrected chi connectivity index (χ2v) is 6.69. The Balaban J connectivity index is 1.48. The lowest BCUT2D eigenvalue weighted by molar-refractivity contribution is 0.0473. The molecule has 0 fully saturated rings. The maximum Gasteiger partial charge on any atom is 0.338 e. The molecule has 6 heteroatoms. The van der Waals surface area contributed by atoms with E-state index in [4.69, 9.17) is 18.6 Å². The molecule has 29 heavy (non-hydrogen) atoms. The summed E-state index contributed by atoms with van der Waals surface area (Å²) in [6.45, 7) is 0.863. The zero-order chi connectivity index (χ0) is 19.8. The Hall–Kier alpha value is -3.80. The van der Waals surface area contributed by atoms with Crippen LogP contribution in [0.4, 0.5) is 0 Å². The summed E-state index contributed by atoms with van der Waals surface area (Å²) < 4.78 is 21.8. The number of rotatable bonds is 3. The van der Waals surface area contributed by atoms with Crippen LogP contribution in [0, 0.1) is 0 Å². The zero-order valence-corrected chi connectivity index (χ0v) is 15.3. The minimum absolute atomic E-state index is 0.0522. The number of ether oxygens (including phenoxy) is 3. The van der Waals surface area contributed by atoms with Gasteiger partial charge in [-0.25, -0.2) is 9.59 Å². The monoisotopic (exact) mass is 388 g/mol. The number of hydrogen-bond acceptors (Lipinski definition) is 6. The number of benzene rings is 3. The molecule has 4 aromatic rings. The predicted octanol–water partition coefficient (Wildman–Crippen LogP) is 4.07. The van der Waals surface area contributed by atoms with Gasteiger partial charge in [-0.15, -0.1) is 0 Å². The van der Waals surface area contributed by atoms with Gasteiger partial charge in [-0.1, -0.05) is 30.3 Å². The van der Waals surface area contributed by atoms with Gasteiger partial charge >= 0.3 is 11.6 Å². The van der Waals surface area contributed by atoms with E-state index in [0.29, 0.717) is 41.4 Å². The highest BCUT2D eigenvalue weighted by atomic mass is 16.6. The van der Waals surface area contributed by atoms with E-state index in [1.807, 2.05) is 30.3 Å². The van der Waals surface area contributed by atoms with Gasteiger partial charge in [0, 0.05) is 17.0 Å². The van der Waals surface area contributed by atoms with Crippen molar-refractivity contribution in [3.63, 3.8) is 0 Å². The fraction of sp³-hybridized carbons (Fsp3) is 0.130. The Kier molecular flexibility index (Phi) is 4.17. The lowest BCUT2D eigenvalue weighted by Crippen LogP contribution is -2.16. The molecule has 1 aliphatic heterocycles.